The van der Waals surface area contributed by atoms with Crippen LogP contribution in [0, 0.1) is 5.82 Å². The van der Waals surface area contributed by atoms with Crippen molar-refractivity contribution in [3.63, 3.8) is 0 Å². The monoisotopic (exact) mass is 567 g/mol. The molecule has 40 heavy (non-hydrogen) atoms. The fraction of sp³-hybridized carbons (Fsp3) is 0.355. The average Bonchev–Trinajstić information content (AvgIpc) is 2.93. The van der Waals surface area contributed by atoms with E-state index in [2.05, 4.69) is 5.32 Å². The van der Waals surface area contributed by atoms with E-state index in [9.17, 15) is 22.4 Å². The molecule has 2 atom stereocenters. The van der Waals surface area contributed by atoms with Crippen molar-refractivity contribution >= 4 is 27.5 Å². The molecule has 0 fully saturated rings. The second kappa shape index (κ2) is 14.6. The third-order valence-corrected chi connectivity index (χ3v) is 7.92. The summed E-state index contributed by atoms with van der Waals surface area (Å²) in [6.07, 6.45) is 2.21. The fourth-order valence-corrected chi connectivity index (χ4v) is 5.38. The van der Waals surface area contributed by atoms with Gasteiger partial charge in [0.15, 0.2) is 0 Å². The van der Waals surface area contributed by atoms with Gasteiger partial charge in [0.1, 0.15) is 11.9 Å². The third kappa shape index (κ3) is 8.91. The highest BCUT2D eigenvalue weighted by molar-refractivity contribution is 7.92. The molecule has 0 aliphatic rings. The van der Waals surface area contributed by atoms with Crippen LogP contribution in [0.4, 0.5) is 10.1 Å². The Morgan fingerprint density at radius 1 is 0.900 bits per heavy atom. The van der Waals surface area contributed by atoms with Gasteiger partial charge in [0.25, 0.3) is 0 Å². The van der Waals surface area contributed by atoms with Gasteiger partial charge in [0.2, 0.25) is 21.8 Å². The molecule has 214 valence electrons. The van der Waals surface area contributed by atoms with Crippen LogP contribution in [0.15, 0.2) is 84.9 Å². The van der Waals surface area contributed by atoms with Gasteiger partial charge in [-0.1, -0.05) is 79.7 Å². The van der Waals surface area contributed by atoms with Crippen molar-refractivity contribution in [3.8, 4) is 0 Å². The molecule has 3 aromatic carbocycles. The van der Waals surface area contributed by atoms with Crippen molar-refractivity contribution in [2.24, 2.45) is 0 Å². The first-order valence-corrected chi connectivity index (χ1v) is 15.3. The van der Waals surface area contributed by atoms with Crippen molar-refractivity contribution in [3.05, 3.63) is 102 Å². The number of anilines is 1. The van der Waals surface area contributed by atoms with Crippen LogP contribution in [0.3, 0.4) is 0 Å². The molecule has 0 bridgehead atoms. The maximum Gasteiger partial charge on any atom is 0.243 e. The summed E-state index contributed by atoms with van der Waals surface area (Å²) < 4.78 is 40.4. The number of para-hydroxylation sites is 1. The smallest absolute Gasteiger partial charge is 0.243 e. The van der Waals surface area contributed by atoms with E-state index >= 15 is 0 Å². The molecule has 0 heterocycles. The SMILES string of the molecule is CC[C@H](C)NC(=O)[C@@H](Cc1ccccc1)N(Cc1ccccc1)C(=O)CCCN(c1ccccc1F)S(C)(=O)=O. The summed E-state index contributed by atoms with van der Waals surface area (Å²) in [5, 5.41) is 3.03. The van der Waals surface area contributed by atoms with E-state index in [-0.39, 0.29) is 49.5 Å². The van der Waals surface area contributed by atoms with E-state index in [0.29, 0.717) is 6.42 Å². The van der Waals surface area contributed by atoms with E-state index in [1.165, 1.54) is 18.2 Å². The van der Waals surface area contributed by atoms with E-state index < -0.39 is 21.9 Å². The Kier molecular flexibility index (Phi) is 11.3. The Bertz CT molecular complexity index is 1350. The largest absolute Gasteiger partial charge is 0.352 e. The molecule has 0 aliphatic heterocycles. The summed E-state index contributed by atoms with van der Waals surface area (Å²) in [5.41, 5.74) is 1.73. The number of carbonyl (C=O) groups is 2. The molecule has 2 amide bonds. The van der Waals surface area contributed by atoms with Crippen LogP contribution < -0.4 is 9.62 Å². The standard InChI is InChI=1S/C31H38FN3O4S/c1-4-24(2)33-31(37)29(22-25-14-7-5-8-15-25)34(23-26-16-9-6-10-17-26)30(36)20-13-21-35(40(3,38)39)28-19-12-11-18-27(28)32/h5-12,14-19,24,29H,4,13,20-23H2,1-3H3,(H,33,37)/t24-,29+/m0/s1. The second-order valence-electron chi connectivity index (χ2n) is 9.92. The van der Waals surface area contributed by atoms with Crippen LogP contribution in [0.25, 0.3) is 0 Å². The minimum absolute atomic E-state index is 0.0186. The minimum Gasteiger partial charge on any atom is -0.352 e. The third-order valence-electron chi connectivity index (χ3n) is 6.74. The zero-order valence-corrected chi connectivity index (χ0v) is 24.1. The zero-order chi connectivity index (χ0) is 29.1. The summed E-state index contributed by atoms with van der Waals surface area (Å²) in [6, 6.07) is 23.8. The highest BCUT2D eigenvalue weighted by atomic mass is 32.2. The molecule has 0 radical (unpaired) electrons. The number of amides is 2. The second-order valence-corrected chi connectivity index (χ2v) is 11.8. The van der Waals surface area contributed by atoms with Gasteiger partial charge in [-0.15, -0.1) is 0 Å². The molecule has 3 aromatic rings. The van der Waals surface area contributed by atoms with Crippen LogP contribution in [0.1, 0.15) is 44.2 Å². The van der Waals surface area contributed by atoms with E-state index in [1.807, 2.05) is 74.5 Å². The molecule has 1 N–H and O–H groups in total. The number of nitrogens with one attached hydrogen (secondary N) is 1. The summed E-state index contributed by atoms with van der Waals surface area (Å²) >= 11 is 0. The Labute approximate surface area is 237 Å². The summed E-state index contributed by atoms with van der Waals surface area (Å²) in [4.78, 5) is 28.9. The topological polar surface area (TPSA) is 86.8 Å². The predicted octanol–water partition coefficient (Wildman–Crippen LogP) is 4.93. The fourth-order valence-electron chi connectivity index (χ4n) is 4.41. The number of hydrogen-bond acceptors (Lipinski definition) is 4. The van der Waals surface area contributed by atoms with E-state index in [4.69, 9.17) is 0 Å². The first-order valence-electron chi connectivity index (χ1n) is 13.5. The van der Waals surface area contributed by atoms with Crippen molar-refractivity contribution in [1.82, 2.24) is 10.2 Å². The van der Waals surface area contributed by atoms with Gasteiger partial charge in [-0.3, -0.25) is 13.9 Å². The van der Waals surface area contributed by atoms with E-state index in [0.717, 1.165) is 28.1 Å². The minimum atomic E-state index is -3.79. The van der Waals surface area contributed by atoms with Gasteiger partial charge < -0.3 is 10.2 Å². The van der Waals surface area contributed by atoms with Gasteiger partial charge >= 0.3 is 0 Å². The zero-order valence-electron chi connectivity index (χ0n) is 23.3. The first kappa shape index (κ1) is 30.8. The normalized spacial score (nSPS) is 12.8. The maximum atomic E-state index is 14.4. The van der Waals surface area contributed by atoms with Crippen LogP contribution in [-0.4, -0.2) is 50.0 Å². The lowest BCUT2D eigenvalue weighted by Gasteiger charge is -2.32. The number of halogens is 1. The van der Waals surface area contributed by atoms with Crippen molar-refractivity contribution < 1.29 is 22.4 Å². The number of benzene rings is 3. The molecule has 0 saturated heterocycles. The van der Waals surface area contributed by atoms with Gasteiger partial charge in [-0.05, 0) is 43.0 Å². The Morgan fingerprint density at radius 2 is 1.48 bits per heavy atom. The average molecular weight is 568 g/mol. The lowest BCUT2D eigenvalue weighted by Crippen LogP contribution is -2.52. The van der Waals surface area contributed by atoms with Crippen molar-refractivity contribution in [2.75, 3.05) is 17.1 Å². The summed E-state index contributed by atoms with van der Waals surface area (Å²) in [5.74, 6) is -1.19. The quantitative estimate of drug-likeness (QED) is 0.299. The molecular formula is C31H38FN3O4S. The molecule has 0 unspecified atom stereocenters. The van der Waals surface area contributed by atoms with Crippen LogP contribution in [0.2, 0.25) is 0 Å². The highest BCUT2D eigenvalue weighted by Crippen LogP contribution is 2.23. The number of hydrogen-bond donors (Lipinski definition) is 1. The Balaban J connectivity index is 1.87. The molecule has 0 aliphatic carbocycles. The summed E-state index contributed by atoms with van der Waals surface area (Å²) in [7, 11) is -3.79. The lowest BCUT2D eigenvalue weighted by atomic mass is 10.0. The van der Waals surface area contributed by atoms with Crippen LogP contribution in [0.5, 0.6) is 0 Å². The molecule has 7 nitrogen and oxygen atoms in total. The molecule has 9 heteroatoms. The number of carbonyl (C=O) groups excluding carboxylic acids is 2. The number of sulfonamides is 1. The molecule has 0 aromatic heterocycles. The Hall–Kier alpha value is -3.72. The Morgan fingerprint density at radius 3 is 2.05 bits per heavy atom. The highest BCUT2D eigenvalue weighted by Gasteiger charge is 2.31. The number of nitrogens with zero attached hydrogens (tertiary/aromatic N) is 2. The first-order chi connectivity index (χ1) is 19.1. The summed E-state index contributed by atoms with van der Waals surface area (Å²) in [6.45, 7) is 4.04. The number of rotatable bonds is 14. The van der Waals surface area contributed by atoms with Crippen LogP contribution in [-0.2, 0) is 32.6 Å². The van der Waals surface area contributed by atoms with Gasteiger partial charge in [0, 0.05) is 32.0 Å². The van der Waals surface area contributed by atoms with Crippen LogP contribution >= 0.6 is 0 Å². The van der Waals surface area contributed by atoms with Crippen molar-refractivity contribution in [1.29, 1.82) is 0 Å². The van der Waals surface area contributed by atoms with Gasteiger partial charge in [-0.25, -0.2) is 12.8 Å². The predicted molar refractivity (Wildman–Crippen MR) is 157 cm³/mol. The van der Waals surface area contributed by atoms with Gasteiger partial charge in [-0.2, -0.15) is 0 Å². The molecule has 3 rings (SSSR count). The molecule has 0 spiro atoms. The lowest BCUT2D eigenvalue weighted by molar-refractivity contribution is -0.141. The van der Waals surface area contributed by atoms with Gasteiger partial charge in [0.05, 0.1) is 11.9 Å². The van der Waals surface area contributed by atoms with E-state index in [1.54, 1.807) is 11.0 Å². The maximum absolute atomic E-state index is 14.4. The molecule has 0 saturated carbocycles. The molecular weight excluding hydrogens is 529 g/mol. The van der Waals surface area contributed by atoms with Crippen molar-refractivity contribution in [2.45, 2.75) is 58.2 Å².